The second kappa shape index (κ2) is 3.35. The van der Waals surface area contributed by atoms with Crippen molar-refractivity contribution in [2.45, 2.75) is 6.54 Å². The van der Waals surface area contributed by atoms with Gasteiger partial charge in [0, 0.05) is 12.7 Å². The lowest BCUT2D eigenvalue weighted by Crippen LogP contribution is -2.23. The van der Waals surface area contributed by atoms with Gasteiger partial charge in [0.05, 0.1) is 0 Å². The van der Waals surface area contributed by atoms with Crippen LogP contribution in [0.25, 0.3) is 0 Å². The summed E-state index contributed by atoms with van der Waals surface area (Å²) in [6.07, 6.45) is 2.06. The molecule has 0 atom stereocenters. The second-order valence-electron chi connectivity index (χ2n) is 2.76. The minimum atomic E-state index is 0.871. The van der Waals surface area contributed by atoms with Gasteiger partial charge in [-0.05, 0) is 46.1 Å². The normalized spacial score (nSPS) is 18.3. The molecule has 0 N–H and O–H groups in total. The molecule has 0 spiro atoms. The monoisotopic (exact) mass is 280 g/mol. The van der Waals surface area contributed by atoms with Crippen LogP contribution in [0.5, 0.6) is 0 Å². The van der Waals surface area contributed by atoms with Crippen molar-refractivity contribution in [1.82, 2.24) is 9.78 Å². The van der Waals surface area contributed by atoms with E-state index in [9.17, 15) is 0 Å². The van der Waals surface area contributed by atoms with Gasteiger partial charge >= 0.3 is 0 Å². The molecule has 2 nitrogen and oxygen atoms in total. The quantitative estimate of drug-likeness (QED) is 0.769. The number of rotatable bonds is 2. The van der Waals surface area contributed by atoms with E-state index >= 15 is 0 Å². The van der Waals surface area contributed by atoms with E-state index in [4.69, 9.17) is 0 Å². The predicted octanol–water partition coefficient (Wildman–Crippen LogP) is 1.85. The van der Waals surface area contributed by atoms with Crippen molar-refractivity contribution in [3.63, 3.8) is 0 Å². The molecule has 1 aromatic heterocycles. The van der Waals surface area contributed by atoms with Crippen LogP contribution in [0.4, 0.5) is 0 Å². The first-order valence-corrected chi connectivity index (χ1v) is 5.84. The molecule has 60 valence electrons. The van der Waals surface area contributed by atoms with Crippen molar-refractivity contribution in [1.29, 1.82) is 0 Å². The van der Waals surface area contributed by atoms with Crippen molar-refractivity contribution in [3.8, 4) is 0 Å². The Morgan fingerprint density at radius 2 is 2.55 bits per heavy atom. The average Bonchev–Trinajstić information content (AvgIpc) is 2.27. The Morgan fingerprint density at radius 1 is 1.73 bits per heavy atom. The van der Waals surface area contributed by atoms with Crippen LogP contribution in [-0.2, 0) is 6.54 Å². The highest BCUT2D eigenvalue weighted by atomic mass is 127. The van der Waals surface area contributed by atoms with Gasteiger partial charge in [0.15, 0.2) is 0 Å². The van der Waals surface area contributed by atoms with E-state index in [1.165, 1.54) is 11.5 Å². The zero-order valence-electron chi connectivity index (χ0n) is 6.03. The zero-order valence-corrected chi connectivity index (χ0v) is 9.01. The summed E-state index contributed by atoms with van der Waals surface area (Å²) in [4.78, 5) is 0. The van der Waals surface area contributed by atoms with Crippen molar-refractivity contribution < 1.29 is 0 Å². The summed E-state index contributed by atoms with van der Waals surface area (Å²) in [5, 5.41) is 4.33. The van der Waals surface area contributed by atoms with Crippen LogP contribution in [0, 0.1) is 9.62 Å². The molecule has 11 heavy (non-hydrogen) atoms. The maximum Gasteiger partial charge on any atom is 0.123 e. The third-order valence-electron chi connectivity index (χ3n) is 1.76. The minimum Gasteiger partial charge on any atom is -0.271 e. The lowest BCUT2D eigenvalue weighted by Gasteiger charge is -2.24. The van der Waals surface area contributed by atoms with Gasteiger partial charge < -0.3 is 0 Å². The summed E-state index contributed by atoms with van der Waals surface area (Å²) in [5.74, 6) is 3.50. The van der Waals surface area contributed by atoms with Crippen LogP contribution >= 0.6 is 34.4 Å². The number of thioether (sulfide) groups is 1. The van der Waals surface area contributed by atoms with Crippen LogP contribution in [0.1, 0.15) is 0 Å². The van der Waals surface area contributed by atoms with Gasteiger partial charge in [-0.2, -0.15) is 16.9 Å². The van der Waals surface area contributed by atoms with Crippen molar-refractivity contribution in [2.75, 3.05) is 11.5 Å². The third-order valence-corrected chi connectivity index (χ3v) is 3.75. The molecule has 0 aromatic carbocycles. The number of hydrogen-bond donors (Lipinski definition) is 0. The molecule has 2 heterocycles. The molecule has 0 amide bonds. The average molecular weight is 280 g/mol. The Morgan fingerprint density at radius 3 is 3.00 bits per heavy atom. The fraction of sp³-hybridized carbons (Fsp3) is 0.571. The number of halogens is 1. The van der Waals surface area contributed by atoms with Gasteiger partial charge in [0.2, 0.25) is 0 Å². The summed E-state index contributed by atoms with van der Waals surface area (Å²) in [7, 11) is 0. The van der Waals surface area contributed by atoms with E-state index in [1.54, 1.807) is 0 Å². The zero-order chi connectivity index (χ0) is 7.68. The van der Waals surface area contributed by atoms with Crippen LogP contribution in [0.15, 0.2) is 12.3 Å². The van der Waals surface area contributed by atoms with Gasteiger partial charge in [-0.3, -0.25) is 4.68 Å². The van der Waals surface area contributed by atoms with Crippen LogP contribution in [0.3, 0.4) is 0 Å². The Balaban J connectivity index is 1.95. The van der Waals surface area contributed by atoms with Gasteiger partial charge in [-0.1, -0.05) is 0 Å². The maximum atomic E-state index is 4.33. The molecule has 2 rings (SSSR count). The number of hydrogen-bond acceptors (Lipinski definition) is 2. The highest BCUT2D eigenvalue weighted by Gasteiger charge is 2.18. The summed E-state index contributed by atoms with van der Waals surface area (Å²) in [6.45, 7) is 1.11. The molecule has 0 saturated carbocycles. The van der Waals surface area contributed by atoms with Crippen LogP contribution in [-0.4, -0.2) is 21.3 Å². The first-order valence-electron chi connectivity index (χ1n) is 3.61. The van der Waals surface area contributed by atoms with E-state index in [1.807, 2.05) is 22.5 Å². The van der Waals surface area contributed by atoms with Gasteiger partial charge in [-0.25, -0.2) is 0 Å². The molecule has 0 aliphatic carbocycles. The van der Waals surface area contributed by atoms with Crippen molar-refractivity contribution >= 4 is 34.4 Å². The van der Waals surface area contributed by atoms with E-state index < -0.39 is 0 Å². The smallest absolute Gasteiger partial charge is 0.123 e. The van der Waals surface area contributed by atoms with E-state index in [2.05, 4.69) is 33.9 Å². The standard InChI is InChI=1S/C7H9IN2S/c8-7-1-2-10(9-7)3-6-4-11-5-6/h1-2,6H,3-5H2. The summed E-state index contributed by atoms with van der Waals surface area (Å²) < 4.78 is 3.14. The second-order valence-corrected chi connectivity index (χ2v) is 4.94. The highest BCUT2D eigenvalue weighted by Crippen LogP contribution is 2.25. The first-order chi connectivity index (χ1) is 5.34. The molecule has 1 saturated heterocycles. The molecule has 1 aromatic rings. The van der Waals surface area contributed by atoms with Crippen molar-refractivity contribution in [3.05, 3.63) is 16.0 Å². The molecule has 0 bridgehead atoms. The third kappa shape index (κ3) is 1.90. The van der Waals surface area contributed by atoms with E-state index in [-0.39, 0.29) is 0 Å². The molecular formula is C7H9IN2S. The van der Waals surface area contributed by atoms with E-state index in [0.29, 0.717) is 0 Å². The SMILES string of the molecule is Ic1ccn(CC2CSC2)n1. The van der Waals surface area contributed by atoms with E-state index in [0.717, 1.165) is 16.2 Å². The predicted molar refractivity (Wildman–Crippen MR) is 55.8 cm³/mol. The van der Waals surface area contributed by atoms with Crippen LogP contribution in [0.2, 0.25) is 0 Å². The Hall–Kier alpha value is 0.290. The molecule has 1 aliphatic rings. The fourth-order valence-corrected chi connectivity index (χ4v) is 2.31. The Labute approximate surface area is 83.9 Å². The Kier molecular flexibility index (Phi) is 2.41. The topological polar surface area (TPSA) is 17.8 Å². The molecular weight excluding hydrogens is 271 g/mol. The van der Waals surface area contributed by atoms with Gasteiger partial charge in [0.25, 0.3) is 0 Å². The van der Waals surface area contributed by atoms with Crippen LogP contribution < -0.4 is 0 Å². The van der Waals surface area contributed by atoms with Gasteiger partial charge in [0.1, 0.15) is 3.70 Å². The Bertz CT molecular complexity index is 244. The number of aromatic nitrogens is 2. The first kappa shape index (κ1) is 7.91. The summed E-state index contributed by atoms with van der Waals surface area (Å²) >= 11 is 4.27. The molecule has 0 unspecified atom stereocenters. The summed E-state index contributed by atoms with van der Waals surface area (Å²) in [5.41, 5.74) is 0. The summed E-state index contributed by atoms with van der Waals surface area (Å²) in [6, 6.07) is 2.05. The molecule has 0 radical (unpaired) electrons. The minimum absolute atomic E-state index is 0.871. The number of nitrogens with zero attached hydrogens (tertiary/aromatic N) is 2. The lowest BCUT2D eigenvalue weighted by molar-refractivity contribution is 0.477. The fourth-order valence-electron chi connectivity index (χ4n) is 1.09. The largest absolute Gasteiger partial charge is 0.271 e. The highest BCUT2D eigenvalue weighted by molar-refractivity contribution is 14.1. The maximum absolute atomic E-state index is 4.33. The molecule has 1 fully saturated rings. The molecule has 4 heteroatoms. The molecule has 1 aliphatic heterocycles. The van der Waals surface area contributed by atoms with Gasteiger partial charge in [-0.15, -0.1) is 0 Å². The van der Waals surface area contributed by atoms with Crippen molar-refractivity contribution in [2.24, 2.45) is 5.92 Å². The lowest BCUT2D eigenvalue weighted by atomic mass is 10.2.